The Kier molecular flexibility index (Phi) is 4.50. The molecule has 0 saturated carbocycles. The molecule has 1 unspecified atom stereocenters. The maximum absolute atomic E-state index is 13.7. The second-order valence-corrected chi connectivity index (χ2v) is 3.64. The lowest BCUT2D eigenvalue weighted by Gasteiger charge is -2.10. The predicted molar refractivity (Wildman–Crippen MR) is 61.1 cm³/mol. The minimum Gasteiger partial charge on any atom is -0.386 e. The molecular weight excluding hydrogens is 191 g/mol. The van der Waals surface area contributed by atoms with Crippen molar-refractivity contribution in [3.05, 3.63) is 41.7 Å². The molecule has 1 nitrogen and oxygen atoms in total. The molecule has 0 aliphatic heterocycles. The highest BCUT2D eigenvalue weighted by molar-refractivity contribution is 5.65. The van der Waals surface area contributed by atoms with Gasteiger partial charge in [-0.2, -0.15) is 0 Å². The van der Waals surface area contributed by atoms with Crippen molar-refractivity contribution in [2.75, 3.05) is 0 Å². The van der Waals surface area contributed by atoms with Gasteiger partial charge in [0.1, 0.15) is 11.9 Å². The highest BCUT2D eigenvalue weighted by atomic mass is 19.1. The summed E-state index contributed by atoms with van der Waals surface area (Å²) in [5.74, 6) is -0.414. The number of aliphatic hydroxyl groups excluding tert-OH is 1. The zero-order valence-corrected chi connectivity index (χ0v) is 9.20. The van der Waals surface area contributed by atoms with Crippen LogP contribution in [0.5, 0.6) is 0 Å². The van der Waals surface area contributed by atoms with E-state index in [9.17, 15) is 9.50 Å². The molecule has 0 spiro atoms. The van der Waals surface area contributed by atoms with Gasteiger partial charge in [0.15, 0.2) is 0 Å². The van der Waals surface area contributed by atoms with E-state index in [1.807, 2.05) is 37.3 Å². The Hall–Kier alpha value is -1.15. The molecule has 0 aliphatic rings. The van der Waals surface area contributed by atoms with E-state index in [0.717, 1.165) is 12.0 Å². The van der Waals surface area contributed by atoms with Crippen LogP contribution in [-0.2, 0) is 0 Å². The molecule has 0 saturated heterocycles. The van der Waals surface area contributed by atoms with Crippen molar-refractivity contribution in [3.8, 4) is 0 Å². The number of allylic oxidation sites excluding steroid dienone is 1. The average Bonchev–Trinajstić information content (AvgIpc) is 2.28. The number of rotatable bonds is 4. The van der Waals surface area contributed by atoms with Gasteiger partial charge in [0.25, 0.3) is 0 Å². The van der Waals surface area contributed by atoms with Crippen LogP contribution >= 0.6 is 0 Å². The number of aliphatic hydroxyl groups is 1. The molecule has 1 rings (SSSR count). The molecule has 1 atom stereocenters. The summed E-state index contributed by atoms with van der Waals surface area (Å²) in [6.45, 7) is 3.62. The summed E-state index contributed by atoms with van der Waals surface area (Å²) in [6, 6.07) is 9.29. The first-order chi connectivity index (χ1) is 7.16. The molecule has 15 heavy (non-hydrogen) atoms. The summed E-state index contributed by atoms with van der Waals surface area (Å²) >= 11 is 0. The van der Waals surface area contributed by atoms with Gasteiger partial charge in [-0.15, -0.1) is 0 Å². The molecule has 0 amide bonds. The first-order valence-electron chi connectivity index (χ1n) is 5.26. The molecule has 1 aromatic carbocycles. The topological polar surface area (TPSA) is 20.2 Å². The summed E-state index contributed by atoms with van der Waals surface area (Å²) in [5, 5.41) is 9.52. The van der Waals surface area contributed by atoms with Crippen molar-refractivity contribution in [3.63, 3.8) is 0 Å². The molecular formula is C13H17FO. The predicted octanol–water partition coefficient (Wildman–Crippen LogP) is 3.55. The summed E-state index contributed by atoms with van der Waals surface area (Å²) in [5.41, 5.74) is 1.35. The van der Waals surface area contributed by atoms with Gasteiger partial charge in [0.2, 0.25) is 0 Å². The van der Waals surface area contributed by atoms with E-state index in [1.54, 1.807) is 6.92 Å². The van der Waals surface area contributed by atoms with Crippen LogP contribution in [0.4, 0.5) is 4.39 Å². The van der Waals surface area contributed by atoms with Crippen molar-refractivity contribution in [2.24, 2.45) is 0 Å². The lowest BCUT2D eigenvalue weighted by atomic mass is 10.0. The number of halogens is 1. The third-order valence-corrected chi connectivity index (χ3v) is 2.42. The molecule has 0 radical (unpaired) electrons. The monoisotopic (exact) mass is 208 g/mol. The van der Waals surface area contributed by atoms with Crippen LogP contribution < -0.4 is 0 Å². The maximum atomic E-state index is 13.7. The maximum Gasteiger partial charge on any atom is 0.132 e. The number of hydrogen-bond acceptors (Lipinski definition) is 1. The summed E-state index contributed by atoms with van der Waals surface area (Å²) in [4.78, 5) is 0. The molecule has 0 heterocycles. The minimum absolute atomic E-state index is 0.414. The van der Waals surface area contributed by atoms with E-state index >= 15 is 0 Å². The average molecular weight is 208 g/mol. The van der Waals surface area contributed by atoms with Crippen LogP contribution in [0.15, 0.2) is 36.2 Å². The van der Waals surface area contributed by atoms with Crippen LogP contribution in [-0.4, -0.2) is 11.2 Å². The van der Waals surface area contributed by atoms with Crippen molar-refractivity contribution < 1.29 is 9.50 Å². The lowest BCUT2D eigenvalue weighted by Crippen LogP contribution is -2.07. The largest absolute Gasteiger partial charge is 0.386 e. The second-order valence-electron chi connectivity index (χ2n) is 3.64. The second kappa shape index (κ2) is 5.66. The highest BCUT2D eigenvalue weighted by Crippen LogP contribution is 2.23. The van der Waals surface area contributed by atoms with Crippen LogP contribution in [0.25, 0.3) is 5.57 Å². The van der Waals surface area contributed by atoms with Gasteiger partial charge >= 0.3 is 0 Å². The Morgan fingerprint density at radius 1 is 1.33 bits per heavy atom. The zero-order chi connectivity index (χ0) is 11.3. The van der Waals surface area contributed by atoms with E-state index in [2.05, 4.69) is 0 Å². The Morgan fingerprint density at radius 3 is 2.47 bits per heavy atom. The molecule has 0 bridgehead atoms. The third-order valence-electron chi connectivity index (χ3n) is 2.42. The van der Waals surface area contributed by atoms with Gasteiger partial charge in [-0.05, 0) is 24.5 Å². The van der Waals surface area contributed by atoms with Crippen LogP contribution in [0.2, 0.25) is 0 Å². The number of benzene rings is 1. The zero-order valence-electron chi connectivity index (χ0n) is 9.20. The van der Waals surface area contributed by atoms with Gasteiger partial charge in [0.05, 0.1) is 0 Å². The summed E-state index contributed by atoms with van der Waals surface area (Å²) in [6.07, 6.45) is 0.280. The normalized spacial score (nSPS) is 14.7. The van der Waals surface area contributed by atoms with Crippen molar-refractivity contribution in [2.45, 2.75) is 32.8 Å². The molecule has 1 aromatic rings. The molecule has 0 aromatic heterocycles. The molecule has 1 N–H and O–H groups in total. The SMILES string of the molecule is CCCC(O)/C(F)=C(\C)c1ccccc1. The van der Waals surface area contributed by atoms with E-state index in [0.29, 0.717) is 12.0 Å². The van der Waals surface area contributed by atoms with Crippen LogP contribution in [0, 0.1) is 0 Å². The van der Waals surface area contributed by atoms with Gasteiger partial charge in [-0.3, -0.25) is 0 Å². The first-order valence-corrected chi connectivity index (χ1v) is 5.26. The standard InChI is InChI=1S/C13H17FO/c1-3-7-12(15)13(14)10(2)11-8-5-4-6-9-11/h4-6,8-9,12,15H,3,7H2,1-2H3/b13-10-. The van der Waals surface area contributed by atoms with Crippen LogP contribution in [0.1, 0.15) is 32.3 Å². The van der Waals surface area contributed by atoms with Crippen molar-refractivity contribution in [1.29, 1.82) is 0 Å². The fourth-order valence-electron chi connectivity index (χ4n) is 1.48. The Labute approximate surface area is 90.3 Å². The minimum atomic E-state index is -0.963. The van der Waals surface area contributed by atoms with Crippen molar-refractivity contribution >= 4 is 5.57 Å². The highest BCUT2D eigenvalue weighted by Gasteiger charge is 2.13. The Morgan fingerprint density at radius 2 is 1.93 bits per heavy atom. The summed E-state index contributed by atoms with van der Waals surface area (Å²) < 4.78 is 13.7. The fraction of sp³-hybridized carbons (Fsp3) is 0.385. The van der Waals surface area contributed by atoms with E-state index in [1.165, 1.54) is 0 Å². The van der Waals surface area contributed by atoms with Gasteiger partial charge in [-0.25, -0.2) is 4.39 Å². The molecule has 0 aliphatic carbocycles. The lowest BCUT2D eigenvalue weighted by molar-refractivity contribution is 0.173. The van der Waals surface area contributed by atoms with E-state index < -0.39 is 11.9 Å². The molecule has 2 heteroatoms. The first kappa shape index (κ1) is 11.9. The van der Waals surface area contributed by atoms with E-state index in [4.69, 9.17) is 0 Å². The smallest absolute Gasteiger partial charge is 0.132 e. The quantitative estimate of drug-likeness (QED) is 0.802. The Bertz CT molecular complexity index is 330. The van der Waals surface area contributed by atoms with Crippen molar-refractivity contribution in [1.82, 2.24) is 0 Å². The van der Waals surface area contributed by atoms with E-state index in [-0.39, 0.29) is 0 Å². The number of hydrogen-bond donors (Lipinski definition) is 1. The molecule has 82 valence electrons. The third kappa shape index (κ3) is 3.17. The fourth-order valence-corrected chi connectivity index (χ4v) is 1.48. The van der Waals surface area contributed by atoms with Gasteiger partial charge in [-0.1, -0.05) is 43.7 Å². The summed E-state index contributed by atoms with van der Waals surface area (Å²) in [7, 11) is 0. The molecule has 0 fully saturated rings. The van der Waals surface area contributed by atoms with Gasteiger partial charge < -0.3 is 5.11 Å². The van der Waals surface area contributed by atoms with Crippen LogP contribution in [0.3, 0.4) is 0 Å². The van der Waals surface area contributed by atoms with Gasteiger partial charge in [0, 0.05) is 0 Å². The Balaban J connectivity index is 2.90.